The number of aliphatic hydroxyl groups is 1. The zero-order valence-electron chi connectivity index (χ0n) is 14.8. The van der Waals surface area contributed by atoms with Gasteiger partial charge in [-0.1, -0.05) is 30.3 Å². The van der Waals surface area contributed by atoms with Gasteiger partial charge in [0.1, 0.15) is 6.61 Å². The molecule has 2 fully saturated rings. The lowest BCUT2D eigenvalue weighted by atomic mass is 9.92. The Kier molecular flexibility index (Phi) is 4.64. The molecule has 1 unspecified atom stereocenters. The molecule has 1 saturated carbocycles. The van der Waals surface area contributed by atoms with Crippen LogP contribution in [-0.4, -0.2) is 39.8 Å². The minimum atomic E-state index is -0.670. The second-order valence-electron chi connectivity index (χ2n) is 7.63. The first-order valence-corrected chi connectivity index (χ1v) is 9.18. The fourth-order valence-corrected chi connectivity index (χ4v) is 4.45. The Morgan fingerprint density at radius 3 is 2.38 bits per heavy atom. The minimum Gasteiger partial charge on any atom is -0.445 e. The van der Waals surface area contributed by atoms with Crippen LogP contribution >= 0.6 is 0 Å². The fraction of sp³-hybridized carbons (Fsp3) is 0.429. The summed E-state index contributed by atoms with van der Waals surface area (Å²) in [5.41, 5.74) is 1.44. The van der Waals surface area contributed by atoms with E-state index in [-0.39, 0.29) is 6.09 Å². The molecule has 2 aromatic rings. The molecule has 3 atom stereocenters. The molecule has 1 N–H and O–H groups in total. The summed E-state index contributed by atoms with van der Waals surface area (Å²) in [5.74, 6) is 0.706. The molecule has 5 nitrogen and oxygen atoms in total. The van der Waals surface area contributed by atoms with Gasteiger partial charge >= 0.3 is 6.09 Å². The summed E-state index contributed by atoms with van der Waals surface area (Å²) in [6, 6.07) is 13.6. The number of hydrogen-bond acceptors (Lipinski definition) is 4. The summed E-state index contributed by atoms with van der Waals surface area (Å²) < 4.78 is 5.44. The SMILES string of the molecule is O=C(OCc1ccccc1)N1C[C@@H]2CC(O)(Cc3ccncc3)C[C@@H]2C1. The highest BCUT2D eigenvalue weighted by Crippen LogP contribution is 2.45. The molecular weight excluding hydrogens is 328 g/mol. The molecule has 1 aliphatic heterocycles. The number of hydrogen-bond donors (Lipinski definition) is 1. The number of ether oxygens (including phenoxy) is 1. The molecule has 1 aromatic carbocycles. The van der Waals surface area contributed by atoms with Crippen molar-refractivity contribution in [1.29, 1.82) is 0 Å². The van der Waals surface area contributed by atoms with Gasteiger partial charge in [0.2, 0.25) is 0 Å². The van der Waals surface area contributed by atoms with Crippen LogP contribution < -0.4 is 0 Å². The van der Waals surface area contributed by atoms with Crippen LogP contribution in [0, 0.1) is 11.8 Å². The van der Waals surface area contributed by atoms with E-state index >= 15 is 0 Å². The molecule has 5 heteroatoms. The zero-order chi connectivity index (χ0) is 18.0. The first-order chi connectivity index (χ1) is 12.6. The van der Waals surface area contributed by atoms with Crippen molar-refractivity contribution in [2.45, 2.75) is 31.5 Å². The average molecular weight is 352 g/mol. The number of fused-ring (bicyclic) bond motifs is 1. The summed E-state index contributed by atoms with van der Waals surface area (Å²) in [5, 5.41) is 11.0. The van der Waals surface area contributed by atoms with E-state index in [4.69, 9.17) is 4.74 Å². The van der Waals surface area contributed by atoms with Crippen molar-refractivity contribution in [3.63, 3.8) is 0 Å². The highest BCUT2D eigenvalue weighted by atomic mass is 16.6. The van der Waals surface area contributed by atoms with Crippen LogP contribution in [0.4, 0.5) is 4.79 Å². The monoisotopic (exact) mass is 352 g/mol. The molecule has 0 radical (unpaired) electrons. The standard InChI is InChI=1S/C21H24N2O3/c24-20(26-15-17-4-2-1-3-5-17)23-13-18-11-21(25,12-19(18)14-23)10-16-6-8-22-9-7-16/h1-9,18-19,25H,10-15H2/t18-,19+,21?. The molecule has 1 aliphatic carbocycles. The third-order valence-electron chi connectivity index (χ3n) is 5.61. The number of likely N-dealkylation sites (tertiary alicyclic amines) is 1. The molecule has 0 bridgehead atoms. The molecule has 1 saturated heterocycles. The Hall–Kier alpha value is -2.40. The van der Waals surface area contributed by atoms with Gasteiger partial charge in [-0.25, -0.2) is 4.79 Å². The molecule has 1 amide bonds. The number of aromatic nitrogens is 1. The van der Waals surface area contributed by atoms with Crippen LogP contribution in [0.3, 0.4) is 0 Å². The van der Waals surface area contributed by atoms with Crippen LogP contribution in [-0.2, 0) is 17.8 Å². The number of pyridine rings is 1. The molecule has 0 spiro atoms. The highest BCUT2D eigenvalue weighted by molar-refractivity contribution is 5.68. The number of nitrogens with zero attached hydrogens (tertiary/aromatic N) is 2. The lowest BCUT2D eigenvalue weighted by Crippen LogP contribution is -2.34. The summed E-state index contributed by atoms with van der Waals surface area (Å²) in [7, 11) is 0. The smallest absolute Gasteiger partial charge is 0.410 e. The normalized spacial score (nSPS) is 27.3. The van der Waals surface area contributed by atoms with Crippen LogP contribution in [0.15, 0.2) is 54.9 Å². The fourth-order valence-electron chi connectivity index (χ4n) is 4.45. The van der Waals surface area contributed by atoms with Gasteiger partial charge in [-0.05, 0) is 47.9 Å². The van der Waals surface area contributed by atoms with Crippen LogP contribution in [0.1, 0.15) is 24.0 Å². The number of benzene rings is 1. The second-order valence-corrected chi connectivity index (χ2v) is 7.63. The van der Waals surface area contributed by atoms with Crippen molar-refractivity contribution in [3.8, 4) is 0 Å². The van der Waals surface area contributed by atoms with Gasteiger partial charge in [-0.3, -0.25) is 4.98 Å². The topological polar surface area (TPSA) is 62.7 Å². The molecule has 4 rings (SSSR count). The van der Waals surface area contributed by atoms with E-state index in [1.165, 1.54) is 0 Å². The third kappa shape index (κ3) is 3.73. The summed E-state index contributed by atoms with van der Waals surface area (Å²) in [6.45, 7) is 1.66. The van der Waals surface area contributed by atoms with Crippen molar-refractivity contribution in [3.05, 3.63) is 66.0 Å². The van der Waals surface area contributed by atoms with Gasteiger partial charge in [-0.2, -0.15) is 0 Å². The number of carbonyl (C=O) groups excluding carboxylic acids is 1. The maximum absolute atomic E-state index is 12.3. The Morgan fingerprint density at radius 2 is 1.73 bits per heavy atom. The summed E-state index contributed by atoms with van der Waals surface area (Å²) >= 11 is 0. The number of amides is 1. The molecular formula is C21H24N2O3. The minimum absolute atomic E-state index is 0.249. The second kappa shape index (κ2) is 7.08. The Balaban J connectivity index is 1.30. The van der Waals surface area contributed by atoms with Crippen molar-refractivity contribution < 1.29 is 14.6 Å². The van der Waals surface area contributed by atoms with E-state index in [0.29, 0.717) is 38.0 Å². The lowest BCUT2D eigenvalue weighted by molar-refractivity contribution is 0.0337. The lowest BCUT2D eigenvalue weighted by Gasteiger charge is -2.26. The molecule has 136 valence electrons. The van der Waals surface area contributed by atoms with Gasteiger partial charge in [0.05, 0.1) is 5.60 Å². The predicted molar refractivity (Wildman–Crippen MR) is 97.3 cm³/mol. The largest absolute Gasteiger partial charge is 0.445 e. The maximum Gasteiger partial charge on any atom is 0.410 e. The third-order valence-corrected chi connectivity index (χ3v) is 5.61. The summed E-state index contributed by atoms with van der Waals surface area (Å²) in [6.07, 6.45) is 5.41. The predicted octanol–water partition coefficient (Wildman–Crippen LogP) is 3.03. The zero-order valence-corrected chi connectivity index (χ0v) is 14.8. The van der Waals surface area contributed by atoms with E-state index in [2.05, 4.69) is 4.98 Å². The van der Waals surface area contributed by atoms with E-state index in [1.807, 2.05) is 42.5 Å². The number of carbonyl (C=O) groups is 1. The Bertz CT molecular complexity index is 736. The number of rotatable bonds is 4. The van der Waals surface area contributed by atoms with E-state index in [1.54, 1.807) is 17.3 Å². The van der Waals surface area contributed by atoms with Crippen molar-refractivity contribution in [1.82, 2.24) is 9.88 Å². The summed E-state index contributed by atoms with van der Waals surface area (Å²) in [4.78, 5) is 18.2. The van der Waals surface area contributed by atoms with Crippen molar-refractivity contribution >= 4 is 6.09 Å². The molecule has 26 heavy (non-hydrogen) atoms. The van der Waals surface area contributed by atoms with E-state index in [0.717, 1.165) is 24.0 Å². The highest BCUT2D eigenvalue weighted by Gasteiger charge is 2.49. The van der Waals surface area contributed by atoms with Crippen LogP contribution in [0.25, 0.3) is 0 Å². The maximum atomic E-state index is 12.3. The first-order valence-electron chi connectivity index (χ1n) is 9.18. The van der Waals surface area contributed by atoms with Gasteiger partial charge < -0.3 is 14.7 Å². The van der Waals surface area contributed by atoms with Gasteiger partial charge in [0.25, 0.3) is 0 Å². The van der Waals surface area contributed by atoms with Crippen molar-refractivity contribution in [2.75, 3.05) is 13.1 Å². The Labute approximate surface area is 153 Å². The van der Waals surface area contributed by atoms with Gasteiger partial charge in [0, 0.05) is 31.9 Å². The molecule has 1 aromatic heterocycles. The van der Waals surface area contributed by atoms with Gasteiger partial charge in [-0.15, -0.1) is 0 Å². The first kappa shape index (κ1) is 17.0. The van der Waals surface area contributed by atoms with Gasteiger partial charge in [0.15, 0.2) is 0 Å². The molecule has 2 heterocycles. The van der Waals surface area contributed by atoms with E-state index in [9.17, 15) is 9.90 Å². The Morgan fingerprint density at radius 1 is 1.08 bits per heavy atom. The van der Waals surface area contributed by atoms with Crippen LogP contribution in [0.2, 0.25) is 0 Å². The molecule has 2 aliphatic rings. The van der Waals surface area contributed by atoms with Crippen molar-refractivity contribution in [2.24, 2.45) is 11.8 Å². The van der Waals surface area contributed by atoms with E-state index < -0.39 is 5.60 Å². The quantitative estimate of drug-likeness (QED) is 0.919. The van der Waals surface area contributed by atoms with Crippen LogP contribution in [0.5, 0.6) is 0 Å². The average Bonchev–Trinajstić information content (AvgIpc) is 3.16.